The highest BCUT2D eigenvalue weighted by Crippen LogP contribution is 2.23. The van der Waals surface area contributed by atoms with Gasteiger partial charge in [0.25, 0.3) is 0 Å². The normalized spacial score (nSPS) is 14.7. The van der Waals surface area contributed by atoms with Crippen molar-refractivity contribution in [1.82, 2.24) is 5.32 Å². The zero-order valence-electron chi connectivity index (χ0n) is 12.4. The zero-order chi connectivity index (χ0) is 15.1. The molecule has 1 fully saturated rings. The van der Waals surface area contributed by atoms with E-state index < -0.39 is 5.97 Å². The molecule has 0 unspecified atom stereocenters. The second-order valence-corrected chi connectivity index (χ2v) is 5.25. The Morgan fingerprint density at radius 1 is 1.24 bits per heavy atom. The van der Waals surface area contributed by atoms with E-state index in [1.165, 1.54) is 25.7 Å². The van der Waals surface area contributed by atoms with E-state index in [4.69, 9.17) is 4.74 Å². The maximum absolute atomic E-state index is 11.9. The molecule has 1 aliphatic rings. The van der Waals surface area contributed by atoms with Gasteiger partial charge < -0.3 is 15.4 Å². The summed E-state index contributed by atoms with van der Waals surface area (Å²) in [6, 6.07) is 6.58. The van der Waals surface area contributed by atoms with Crippen LogP contribution in [0.15, 0.2) is 24.3 Å². The van der Waals surface area contributed by atoms with E-state index in [0.717, 1.165) is 0 Å². The molecule has 114 valence electrons. The lowest BCUT2D eigenvalue weighted by molar-refractivity contribution is 0.0527. The quantitative estimate of drug-likeness (QED) is 0.818. The number of para-hydroxylation sites is 1. The van der Waals surface area contributed by atoms with Crippen LogP contribution in [0.1, 0.15) is 43.0 Å². The SMILES string of the molecule is CCOC(=O)c1ccccc1NC(=O)NCC1CCCC1. The molecule has 1 saturated carbocycles. The molecule has 0 heterocycles. The predicted octanol–water partition coefficient (Wildman–Crippen LogP) is 3.18. The van der Waals surface area contributed by atoms with Crippen molar-refractivity contribution in [2.75, 3.05) is 18.5 Å². The Labute approximate surface area is 125 Å². The maximum atomic E-state index is 11.9. The number of hydrogen-bond acceptors (Lipinski definition) is 3. The average molecular weight is 290 g/mol. The summed E-state index contributed by atoms with van der Waals surface area (Å²) in [7, 11) is 0. The molecule has 1 aromatic carbocycles. The number of urea groups is 1. The highest BCUT2D eigenvalue weighted by Gasteiger charge is 2.17. The van der Waals surface area contributed by atoms with Crippen molar-refractivity contribution in [1.29, 1.82) is 0 Å². The Hall–Kier alpha value is -2.04. The first kappa shape index (κ1) is 15.4. The molecule has 0 aliphatic heterocycles. The van der Waals surface area contributed by atoms with Crippen LogP contribution in [-0.4, -0.2) is 25.2 Å². The minimum atomic E-state index is -0.427. The van der Waals surface area contributed by atoms with Crippen molar-refractivity contribution in [2.24, 2.45) is 5.92 Å². The van der Waals surface area contributed by atoms with Crippen LogP contribution in [0.4, 0.5) is 10.5 Å². The van der Waals surface area contributed by atoms with Crippen LogP contribution in [-0.2, 0) is 4.74 Å². The minimum absolute atomic E-state index is 0.279. The molecular weight excluding hydrogens is 268 g/mol. The fraction of sp³-hybridized carbons (Fsp3) is 0.500. The van der Waals surface area contributed by atoms with Crippen molar-refractivity contribution in [3.63, 3.8) is 0 Å². The molecule has 1 aromatic rings. The topological polar surface area (TPSA) is 67.4 Å². The lowest BCUT2D eigenvalue weighted by atomic mass is 10.1. The molecule has 0 bridgehead atoms. The molecular formula is C16H22N2O3. The molecule has 2 rings (SSSR count). The van der Waals surface area contributed by atoms with Crippen LogP contribution in [0.25, 0.3) is 0 Å². The van der Waals surface area contributed by atoms with Crippen molar-refractivity contribution >= 4 is 17.7 Å². The molecule has 5 heteroatoms. The Morgan fingerprint density at radius 3 is 2.67 bits per heavy atom. The molecule has 2 amide bonds. The van der Waals surface area contributed by atoms with Gasteiger partial charge in [-0.1, -0.05) is 25.0 Å². The fourth-order valence-corrected chi connectivity index (χ4v) is 2.60. The number of rotatable bonds is 5. The van der Waals surface area contributed by atoms with Crippen molar-refractivity contribution in [3.8, 4) is 0 Å². The average Bonchev–Trinajstić information content (AvgIpc) is 2.99. The lowest BCUT2D eigenvalue weighted by Crippen LogP contribution is -2.32. The van der Waals surface area contributed by atoms with E-state index in [2.05, 4.69) is 10.6 Å². The van der Waals surface area contributed by atoms with Crippen LogP contribution in [0.5, 0.6) is 0 Å². The number of nitrogens with one attached hydrogen (secondary N) is 2. The van der Waals surface area contributed by atoms with Gasteiger partial charge in [0.1, 0.15) is 0 Å². The van der Waals surface area contributed by atoms with E-state index in [1.807, 2.05) is 0 Å². The highest BCUT2D eigenvalue weighted by atomic mass is 16.5. The number of amides is 2. The summed E-state index contributed by atoms with van der Waals surface area (Å²) >= 11 is 0. The highest BCUT2D eigenvalue weighted by molar-refractivity contribution is 6.00. The van der Waals surface area contributed by atoms with Crippen LogP contribution in [0.3, 0.4) is 0 Å². The van der Waals surface area contributed by atoms with E-state index in [0.29, 0.717) is 30.3 Å². The molecule has 0 saturated heterocycles. The Morgan fingerprint density at radius 2 is 1.95 bits per heavy atom. The molecule has 21 heavy (non-hydrogen) atoms. The largest absolute Gasteiger partial charge is 0.462 e. The monoisotopic (exact) mass is 290 g/mol. The first-order valence-electron chi connectivity index (χ1n) is 7.51. The van der Waals surface area contributed by atoms with Crippen LogP contribution in [0.2, 0.25) is 0 Å². The molecule has 0 atom stereocenters. The van der Waals surface area contributed by atoms with Crippen LogP contribution < -0.4 is 10.6 Å². The van der Waals surface area contributed by atoms with Gasteiger partial charge in [0.2, 0.25) is 0 Å². The number of benzene rings is 1. The van der Waals surface area contributed by atoms with E-state index in [1.54, 1.807) is 31.2 Å². The number of carbonyl (C=O) groups is 2. The second-order valence-electron chi connectivity index (χ2n) is 5.25. The molecule has 2 N–H and O–H groups in total. The van der Waals surface area contributed by atoms with E-state index in [-0.39, 0.29) is 6.03 Å². The molecule has 1 aliphatic carbocycles. The molecule has 5 nitrogen and oxygen atoms in total. The summed E-state index contributed by atoms with van der Waals surface area (Å²) in [5.41, 5.74) is 0.843. The van der Waals surface area contributed by atoms with Gasteiger partial charge in [0.05, 0.1) is 17.9 Å². The zero-order valence-corrected chi connectivity index (χ0v) is 12.4. The summed E-state index contributed by atoms with van der Waals surface area (Å²) < 4.78 is 4.98. The Bertz CT molecular complexity index is 496. The van der Waals surface area contributed by atoms with Crippen molar-refractivity contribution < 1.29 is 14.3 Å². The molecule has 0 radical (unpaired) electrons. The van der Waals surface area contributed by atoms with E-state index >= 15 is 0 Å². The first-order chi connectivity index (χ1) is 10.2. The number of hydrogen-bond donors (Lipinski definition) is 2. The Balaban J connectivity index is 1.91. The summed E-state index contributed by atoms with van der Waals surface area (Å²) in [6.45, 7) is 2.75. The standard InChI is InChI=1S/C16H22N2O3/c1-2-21-15(19)13-9-5-6-10-14(13)18-16(20)17-11-12-7-3-4-8-12/h5-6,9-10,12H,2-4,7-8,11H2,1H3,(H2,17,18,20). The van der Waals surface area contributed by atoms with Gasteiger partial charge in [-0.15, -0.1) is 0 Å². The second kappa shape index (κ2) is 7.67. The fourth-order valence-electron chi connectivity index (χ4n) is 2.60. The number of carbonyl (C=O) groups excluding carboxylic acids is 2. The summed E-state index contributed by atoms with van der Waals surface area (Å²) in [5, 5.41) is 5.59. The smallest absolute Gasteiger partial charge is 0.340 e. The summed E-state index contributed by atoms with van der Waals surface area (Å²) in [5.74, 6) is 0.153. The van der Waals surface area contributed by atoms with Gasteiger partial charge in [-0.05, 0) is 37.8 Å². The predicted molar refractivity (Wildman–Crippen MR) is 81.4 cm³/mol. The van der Waals surface area contributed by atoms with Gasteiger partial charge in [-0.25, -0.2) is 9.59 Å². The summed E-state index contributed by atoms with van der Waals surface area (Å²) in [6.07, 6.45) is 4.86. The van der Waals surface area contributed by atoms with Crippen molar-refractivity contribution in [2.45, 2.75) is 32.6 Å². The maximum Gasteiger partial charge on any atom is 0.340 e. The Kier molecular flexibility index (Phi) is 5.60. The summed E-state index contributed by atoms with van der Waals surface area (Å²) in [4.78, 5) is 23.7. The van der Waals surface area contributed by atoms with Crippen LogP contribution in [0, 0.1) is 5.92 Å². The van der Waals surface area contributed by atoms with Gasteiger partial charge in [-0.2, -0.15) is 0 Å². The van der Waals surface area contributed by atoms with Gasteiger partial charge in [0.15, 0.2) is 0 Å². The number of anilines is 1. The van der Waals surface area contributed by atoms with Gasteiger partial charge in [-0.3, -0.25) is 0 Å². The van der Waals surface area contributed by atoms with Gasteiger partial charge in [0, 0.05) is 6.54 Å². The third-order valence-electron chi connectivity index (χ3n) is 3.70. The molecule has 0 aromatic heterocycles. The number of esters is 1. The van der Waals surface area contributed by atoms with Gasteiger partial charge >= 0.3 is 12.0 Å². The first-order valence-corrected chi connectivity index (χ1v) is 7.51. The third kappa shape index (κ3) is 4.48. The third-order valence-corrected chi connectivity index (χ3v) is 3.70. The van der Waals surface area contributed by atoms with Crippen LogP contribution >= 0.6 is 0 Å². The lowest BCUT2D eigenvalue weighted by Gasteiger charge is -2.13. The van der Waals surface area contributed by atoms with Crippen molar-refractivity contribution in [3.05, 3.63) is 29.8 Å². The number of ether oxygens (including phenoxy) is 1. The molecule has 0 spiro atoms. The van der Waals surface area contributed by atoms with E-state index in [9.17, 15) is 9.59 Å². The minimum Gasteiger partial charge on any atom is -0.462 e.